The van der Waals surface area contributed by atoms with Crippen LogP contribution < -0.4 is 16.1 Å². The highest BCUT2D eigenvalue weighted by Crippen LogP contribution is 2.52. The van der Waals surface area contributed by atoms with Gasteiger partial charge in [0.15, 0.2) is 0 Å². The number of hydrogen-bond donors (Lipinski definition) is 1. The summed E-state index contributed by atoms with van der Waals surface area (Å²) in [6.45, 7) is 4.57. The number of aromatic amines is 1. The number of H-pyrrole nitrogens is 1. The summed E-state index contributed by atoms with van der Waals surface area (Å²) in [5.74, 6) is 2.17. The van der Waals surface area contributed by atoms with E-state index in [1.54, 1.807) is 10.6 Å². The topological polar surface area (TPSA) is 58.1 Å². The minimum Gasteiger partial charge on any atom is -0.369 e. The highest BCUT2D eigenvalue weighted by atomic mass is 19.1. The van der Waals surface area contributed by atoms with E-state index in [9.17, 15) is 14.0 Å². The zero-order chi connectivity index (χ0) is 16.6. The van der Waals surface area contributed by atoms with Crippen LogP contribution in [0.5, 0.6) is 0 Å². The van der Waals surface area contributed by atoms with Crippen LogP contribution in [0.15, 0.2) is 21.7 Å². The molecule has 0 spiro atoms. The molecule has 126 valence electrons. The van der Waals surface area contributed by atoms with Gasteiger partial charge in [0, 0.05) is 19.6 Å². The van der Waals surface area contributed by atoms with Crippen LogP contribution in [0.25, 0.3) is 10.9 Å². The number of anilines is 1. The highest BCUT2D eigenvalue weighted by Gasteiger charge is 2.53. The SMILES string of the molecule is CC1[C@H]2CN(c3cc4c(cc3F)c(=O)[nH]c(=O)n4CC3CC3)C[C@@H]12. The lowest BCUT2D eigenvalue weighted by Gasteiger charge is -2.23. The molecule has 1 unspecified atom stereocenters. The van der Waals surface area contributed by atoms with Crippen LogP contribution >= 0.6 is 0 Å². The first-order valence-corrected chi connectivity index (χ1v) is 8.74. The molecular formula is C18H20FN3O2. The predicted molar refractivity (Wildman–Crippen MR) is 89.9 cm³/mol. The van der Waals surface area contributed by atoms with E-state index in [4.69, 9.17) is 0 Å². The third-order valence-corrected chi connectivity index (χ3v) is 6.17. The molecule has 2 heterocycles. The van der Waals surface area contributed by atoms with Crippen molar-refractivity contribution < 1.29 is 4.39 Å². The molecule has 1 N–H and O–H groups in total. The summed E-state index contributed by atoms with van der Waals surface area (Å²) in [4.78, 5) is 28.7. The smallest absolute Gasteiger partial charge is 0.328 e. The summed E-state index contributed by atoms with van der Waals surface area (Å²) >= 11 is 0. The normalized spacial score (nSPS) is 28.4. The zero-order valence-corrected chi connectivity index (χ0v) is 13.6. The molecule has 1 aliphatic heterocycles. The number of nitrogens with zero attached hydrogens (tertiary/aromatic N) is 2. The molecule has 1 saturated heterocycles. The van der Waals surface area contributed by atoms with Gasteiger partial charge >= 0.3 is 5.69 Å². The van der Waals surface area contributed by atoms with Crippen molar-refractivity contribution in [1.82, 2.24) is 9.55 Å². The fraction of sp³-hybridized carbons (Fsp3) is 0.556. The minimum absolute atomic E-state index is 0.259. The van der Waals surface area contributed by atoms with Crippen molar-refractivity contribution in [3.63, 3.8) is 0 Å². The lowest BCUT2D eigenvalue weighted by Crippen LogP contribution is -2.31. The lowest BCUT2D eigenvalue weighted by molar-refractivity contribution is 0.601. The molecular weight excluding hydrogens is 309 g/mol. The molecule has 3 atom stereocenters. The second kappa shape index (κ2) is 4.71. The van der Waals surface area contributed by atoms with Crippen molar-refractivity contribution in [2.24, 2.45) is 23.7 Å². The number of nitrogens with one attached hydrogen (secondary N) is 1. The maximum atomic E-state index is 14.6. The Morgan fingerprint density at radius 1 is 1.21 bits per heavy atom. The second-order valence-electron chi connectivity index (χ2n) is 7.73. The van der Waals surface area contributed by atoms with Crippen molar-refractivity contribution >= 4 is 16.6 Å². The van der Waals surface area contributed by atoms with E-state index in [1.807, 2.05) is 0 Å². The van der Waals surface area contributed by atoms with Gasteiger partial charge in [0.25, 0.3) is 5.56 Å². The third-order valence-electron chi connectivity index (χ3n) is 6.17. The fourth-order valence-corrected chi connectivity index (χ4v) is 4.30. The summed E-state index contributed by atoms with van der Waals surface area (Å²) in [6.07, 6.45) is 2.21. The van der Waals surface area contributed by atoms with Crippen molar-refractivity contribution in [3.05, 3.63) is 38.8 Å². The molecule has 3 fully saturated rings. The van der Waals surface area contributed by atoms with Gasteiger partial charge < -0.3 is 4.90 Å². The first kappa shape index (κ1) is 14.3. The van der Waals surface area contributed by atoms with E-state index >= 15 is 0 Å². The quantitative estimate of drug-likeness (QED) is 0.936. The maximum absolute atomic E-state index is 14.6. The first-order valence-electron chi connectivity index (χ1n) is 8.74. The van der Waals surface area contributed by atoms with Crippen molar-refractivity contribution in [3.8, 4) is 0 Å². The van der Waals surface area contributed by atoms with Crippen LogP contribution in [-0.2, 0) is 6.54 Å². The Balaban J connectivity index is 1.65. The monoisotopic (exact) mass is 329 g/mol. The van der Waals surface area contributed by atoms with Crippen LogP contribution in [0.3, 0.4) is 0 Å². The maximum Gasteiger partial charge on any atom is 0.328 e. The van der Waals surface area contributed by atoms with Crippen LogP contribution in [0.4, 0.5) is 10.1 Å². The highest BCUT2D eigenvalue weighted by molar-refractivity contribution is 5.82. The molecule has 6 heteroatoms. The number of halogens is 1. The molecule has 5 nitrogen and oxygen atoms in total. The molecule has 0 radical (unpaired) electrons. The van der Waals surface area contributed by atoms with Gasteiger partial charge in [0.1, 0.15) is 5.82 Å². The summed E-state index contributed by atoms with van der Waals surface area (Å²) in [7, 11) is 0. The molecule has 1 aromatic heterocycles. The van der Waals surface area contributed by atoms with Gasteiger partial charge in [0.05, 0.1) is 16.6 Å². The Labute approximate surface area is 138 Å². The van der Waals surface area contributed by atoms with E-state index in [2.05, 4.69) is 16.8 Å². The molecule has 24 heavy (non-hydrogen) atoms. The van der Waals surface area contributed by atoms with Gasteiger partial charge in [-0.05, 0) is 48.6 Å². The zero-order valence-electron chi connectivity index (χ0n) is 13.6. The number of fused-ring (bicyclic) bond motifs is 2. The molecule has 2 saturated carbocycles. The second-order valence-corrected chi connectivity index (χ2v) is 7.73. The summed E-state index contributed by atoms with van der Waals surface area (Å²) in [5, 5.41) is 0.259. The van der Waals surface area contributed by atoms with Gasteiger partial charge in [-0.3, -0.25) is 14.3 Å². The van der Waals surface area contributed by atoms with Gasteiger partial charge in [0.2, 0.25) is 0 Å². The standard InChI is InChI=1S/C18H20FN3O2/c1-9-12-7-21(8-13(9)12)16-5-15-11(4-14(16)19)17(23)20-18(24)22(15)6-10-2-3-10/h4-5,9-10,12-13H,2-3,6-8H2,1H3,(H,20,23,24)/t9?,12-,13+. The molecule has 0 bridgehead atoms. The molecule has 2 aliphatic carbocycles. The van der Waals surface area contributed by atoms with Gasteiger partial charge in [-0.25, -0.2) is 9.18 Å². The largest absolute Gasteiger partial charge is 0.369 e. The van der Waals surface area contributed by atoms with Crippen molar-refractivity contribution in [2.45, 2.75) is 26.3 Å². The summed E-state index contributed by atoms with van der Waals surface area (Å²) in [5.41, 5.74) is 0.178. The number of benzene rings is 1. The molecule has 3 aliphatic rings. The Kier molecular flexibility index (Phi) is 2.80. The Bertz CT molecular complexity index is 947. The molecule has 1 aromatic carbocycles. The third kappa shape index (κ3) is 2.05. The van der Waals surface area contributed by atoms with Gasteiger partial charge in [-0.15, -0.1) is 0 Å². The van der Waals surface area contributed by atoms with Crippen LogP contribution in [0.1, 0.15) is 19.8 Å². The molecule has 2 aromatic rings. The fourth-order valence-electron chi connectivity index (χ4n) is 4.30. The van der Waals surface area contributed by atoms with E-state index in [0.29, 0.717) is 35.5 Å². The van der Waals surface area contributed by atoms with Crippen molar-refractivity contribution in [2.75, 3.05) is 18.0 Å². The van der Waals surface area contributed by atoms with Gasteiger partial charge in [-0.2, -0.15) is 0 Å². The summed E-state index contributed by atoms with van der Waals surface area (Å²) < 4.78 is 16.2. The minimum atomic E-state index is -0.509. The Morgan fingerprint density at radius 2 is 1.92 bits per heavy atom. The van der Waals surface area contributed by atoms with Crippen LogP contribution in [-0.4, -0.2) is 22.6 Å². The average Bonchev–Trinajstić information content (AvgIpc) is 3.42. The van der Waals surface area contributed by atoms with Crippen molar-refractivity contribution in [1.29, 1.82) is 0 Å². The lowest BCUT2D eigenvalue weighted by atomic mass is 10.1. The Hall–Kier alpha value is -2.11. The van der Waals surface area contributed by atoms with Crippen LogP contribution in [0, 0.1) is 29.5 Å². The summed E-state index contributed by atoms with van der Waals surface area (Å²) in [6, 6.07) is 3.00. The molecule has 5 rings (SSSR count). The van der Waals surface area contributed by atoms with E-state index < -0.39 is 11.2 Å². The number of rotatable bonds is 3. The molecule has 0 amide bonds. The number of aromatic nitrogens is 2. The van der Waals surface area contributed by atoms with E-state index in [-0.39, 0.29) is 11.2 Å². The van der Waals surface area contributed by atoms with E-state index in [0.717, 1.165) is 31.8 Å². The van der Waals surface area contributed by atoms with Crippen LogP contribution in [0.2, 0.25) is 0 Å². The number of piperidine rings is 1. The average molecular weight is 329 g/mol. The number of hydrogen-bond acceptors (Lipinski definition) is 3. The van der Waals surface area contributed by atoms with Gasteiger partial charge in [-0.1, -0.05) is 6.92 Å². The Morgan fingerprint density at radius 3 is 2.58 bits per heavy atom. The van der Waals surface area contributed by atoms with E-state index in [1.165, 1.54) is 6.07 Å². The first-order chi connectivity index (χ1) is 11.5. The predicted octanol–water partition coefficient (Wildman–Crippen LogP) is 1.94.